The first-order valence-corrected chi connectivity index (χ1v) is 12.1. The van der Waals surface area contributed by atoms with Crippen LogP contribution in [0.2, 0.25) is 0 Å². The number of benzene rings is 2. The van der Waals surface area contributed by atoms with E-state index in [9.17, 15) is 14.4 Å². The maximum absolute atomic E-state index is 13.7. The number of urea groups is 1. The third-order valence-electron chi connectivity index (χ3n) is 6.26. The molecular formula is C28H32N4O4. The Morgan fingerprint density at radius 3 is 2.56 bits per heavy atom. The number of carbonyl (C=O) groups is 3. The Balaban J connectivity index is 1.65. The van der Waals surface area contributed by atoms with Crippen LogP contribution in [0.4, 0.5) is 4.79 Å². The zero-order chi connectivity index (χ0) is 25.8. The average molecular weight is 489 g/mol. The lowest BCUT2D eigenvalue weighted by Gasteiger charge is -2.33. The molecule has 0 fully saturated rings. The highest BCUT2D eigenvalue weighted by Crippen LogP contribution is 2.38. The number of ether oxygens (including phenoxy) is 1. The van der Waals surface area contributed by atoms with E-state index in [2.05, 4.69) is 17.2 Å². The van der Waals surface area contributed by atoms with Crippen molar-refractivity contribution in [1.82, 2.24) is 20.4 Å². The molecule has 0 aliphatic carbocycles. The minimum Gasteiger partial charge on any atom is -0.457 e. The van der Waals surface area contributed by atoms with E-state index in [-0.39, 0.29) is 30.9 Å². The zero-order valence-corrected chi connectivity index (χ0v) is 20.9. The van der Waals surface area contributed by atoms with Crippen molar-refractivity contribution in [2.45, 2.75) is 32.9 Å². The van der Waals surface area contributed by atoms with E-state index in [1.54, 1.807) is 13.0 Å². The van der Waals surface area contributed by atoms with Gasteiger partial charge in [0.05, 0.1) is 23.9 Å². The molecule has 4 rings (SSSR count). The molecule has 2 aliphatic rings. The van der Waals surface area contributed by atoms with Gasteiger partial charge in [-0.15, -0.1) is 6.58 Å². The summed E-state index contributed by atoms with van der Waals surface area (Å²) in [7, 11) is 0. The maximum Gasteiger partial charge on any atom is 0.322 e. The van der Waals surface area contributed by atoms with Crippen LogP contribution in [0.1, 0.15) is 32.4 Å². The van der Waals surface area contributed by atoms with Gasteiger partial charge >= 0.3 is 6.03 Å². The second-order valence-corrected chi connectivity index (χ2v) is 9.38. The quantitative estimate of drug-likeness (QED) is 0.522. The second kappa shape index (κ2) is 10.7. The van der Waals surface area contributed by atoms with Gasteiger partial charge in [-0.3, -0.25) is 14.5 Å². The van der Waals surface area contributed by atoms with Gasteiger partial charge in [-0.05, 0) is 42.7 Å². The van der Waals surface area contributed by atoms with Crippen LogP contribution in [0.5, 0.6) is 11.5 Å². The molecule has 2 heterocycles. The van der Waals surface area contributed by atoms with Crippen LogP contribution in [0, 0.1) is 5.92 Å². The number of nitrogens with zero attached hydrogens (tertiary/aromatic N) is 2. The summed E-state index contributed by atoms with van der Waals surface area (Å²) in [5.74, 6) is 1.07. The van der Waals surface area contributed by atoms with E-state index in [0.29, 0.717) is 35.2 Å². The molecule has 2 aromatic carbocycles. The van der Waals surface area contributed by atoms with Gasteiger partial charge < -0.3 is 20.3 Å². The van der Waals surface area contributed by atoms with E-state index in [0.717, 1.165) is 5.56 Å². The fourth-order valence-corrected chi connectivity index (χ4v) is 4.37. The van der Waals surface area contributed by atoms with Crippen molar-refractivity contribution in [2.75, 3.05) is 19.6 Å². The lowest BCUT2D eigenvalue weighted by atomic mass is 9.95. The molecule has 8 heteroatoms. The lowest BCUT2D eigenvalue weighted by Crippen LogP contribution is -2.47. The predicted octanol–water partition coefficient (Wildman–Crippen LogP) is 3.99. The molecular weight excluding hydrogens is 456 g/mol. The van der Waals surface area contributed by atoms with Crippen molar-refractivity contribution in [1.29, 1.82) is 0 Å². The highest BCUT2D eigenvalue weighted by Gasteiger charge is 2.46. The Labute approximate surface area is 211 Å². The molecule has 188 valence electrons. The Kier molecular flexibility index (Phi) is 7.43. The van der Waals surface area contributed by atoms with Crippen LogP contribution in [-0.2, 0) is 9.59 Å². The molecule has 2 atom stereocenters. The third kappa shape index (κ3) is 5.12. The molecule has 2 aromatic rings. The minimum absolute atomic E-state index is 0.169. The fraction of sp³-hybridized carbons (Fsp3) is 0.321. The average Bonchev–Trinajstić information content (AvgIpc) is 3.21. The molecule has 0 radical (unpaired) electrons. The number of para-hydroxylation sites is 1. The number of carbonyl (C=O) groups excluding carboxylic acids is 3. The molecule has 4 amide bonds. The first-order chi connectivity index (χ1) is 17.3. The summed E-state index contributed by atoms with van der Waals surface area (Å²) in [5.41, 5.74) is 1.76. The topological polar surface area (TPSA) is 91.0 Å². The number of hydrogen-bond acceptors (Lipinski definition) is 4. The molecule has 2 N–H and O–H groups in total. The van der Waals surface area contributed by atoms with Gasteiger partial charge in [0.25, 0.3) is 5.91 Å². The summed E-state index contributed by atoms with van der Waals surface area (Å²) in [6.07, 6.45) is 1.62. The molecule has 0 spiro atoms. The Hall–Kier alpha value is -4.07. The Morgan fingerprint density at radius 1 is 1.14 bits per heavy atom. The van der Waals surface area contributed by atoms with Gasteiger partial charge in [0, 0.05) is 13.1 Å². The van der Waals surface area contributed by atoms with Gasteiger partial charge in [-0.25, -0.2) is 4.79 Å². The van der Waals surface area contributed by atoms with Crippen LogP contribution in [0.3, 0.4) is 0 Å². The van der Waals surface area contributed by atoms with Crippen molar-refractivity contribution >= 4 is 17.8 Å². The maximum atomic E-state index is 13.7. The summed E-state index contributed by atoms with van der Waals surface area (Å²) >= 11 is 0. The highest BCUT2D eigenvalue weighted by atomic mass is 16.5. The fourth-order valence-electron chi connectivity index (χ4n) is 4.37. The van der Waals surface area contributed by atoms with E-state index in [4.69, 9.17) is 4.74 Å². The zero-order valence-electron chi connectivity index (χ0n) is 20.9. The van der Waals surface area contributed by atoms with Gasteiger partial charge in [0.2, 0.25) is 5.91 Å². The van der Waals surface area contributed by atoms with Crippen molar-refractivity contribution in [3.63, 3.8) is 0 Å². The summed E-state index contributed by atoms with van der Waals surface area (Å²) in [5, 5.41) is 5.87. The van der Waals surface area contributed by atoms with Crippen molar-refractivity contribution < 1.29 is 19.1 Å². The number of amides is 4. The van der Waals surface area contributed by atoms with Crippen molar-refractivity contribution in [3.05, 3.63) is 84.1 Å². The van der Waals surface area contributed by atoms with Crippen LogP contribution in [-0.4, -0.2) is 53.3 Å². The normalized spacial score (nSPS) is 18.2. The molecule has 0 bridgehead atoms. The highest BCUT2D eigenvalue weighted by molar-refractivity contribution is 6.03. The first kappa shape index (κ1) is 25.0. The van der Waals surface area contributed by atoms with Crippen LogP contribution < -0.4 is 15.4 Å². The van der Waals surface area contributed by atoms with Crippen LogP contribution >= 0.6 is 0 Å². The van der Waals surface area contributed by atoms with E-state index < -0.39 is 12.1 Å². The van der Waals surface area contributed by atoms with Gasteiger partial charge in [-0.2, -0.15) is 0 Å². The van der Waals surface area contributed by atoms with Crippen molar-refractivity contribution in [3.8, 4) is 11.5 Å². The monoisotopic (exact) mass is 488 g/mol. The first-order valence-electron chi connectivity index (χ1n) is 12.1. The van der Waals surface area contributed by atoms with Gasteiger partial charge in [0.1, 0.15) is 17.5 Å². The van der Waals surface area contributed by atoms with Gasteiger partial charge in [-0.1, -0.05) is 50.3 Å². The molecule has 36 heavy (non-hydrogen) atoms. The Bertz CT molecular complexity index is 1190. The number of rotatable bonds is 9. The van der Waals surface area contributed by atoms with Crippen LogP contribution in [0.15, 0.2) is 78.5 Å². The summed E-state index contributed by atoms with van der Waals surface area (Å²) in [4.78, 5) is 42.6. The number of nitrogens with one attached hydrogen (secondary N) is 2. The summed E-state index contributed by atoms with van der Waals surface area (Å²) in [6.45, 7) is 10.4. The Morgan fingerprint density at radius 2 is 1.86 bits per heavy atom. The summed E-state index contributed by atoms with van der Waals surface area (Å²) < 4.78 is 5.97. The standard InChI is InChI=1S/C28H32N4O4/c1-5-14-31-23-17-32(19(4)26(33)29-16-18(2)3)27(34)24(23)25(30-28(31)35)20-10-9-13-22(15-20)36-21-11-7-6-8-12-21/h5-13,15,18-19,25H,1,14,16-17H2,2-4H3,(H,29,33)(H,30,35)/t19-,25+/m0/s1. The molecule has 0 unspecified atom stereocenters. The lowest BCUT2D eigenvalue weighted by molar-refractivity contribution is -0.135. The largest absolute Gasteiger partial charge is 0.457 e. The van der Waals surface area contributed by atoms with Crippen molar-refractivity contribution in [2.24, 2.45) is 5.92 Å². The smallest absolute Gasteiger partial charge is 0.322 e. The van der Waals surface area contributed by atoms with E-state index >= 15 is 0 Å². The minimum atomic E-state index is -0.684. The van der Waals surface area contributed by atoms with E-state index in [1.807, 2.05) is 68.4 Å². The molecule has 0 saturated carbocycles. The molecule has 0 aromatic heterocycles. The second-order valence-electron chi connectivity index (χ2n) is 9.38. The molecule has 0 saturated heterocycles. The number of hydrogen-bond donors (Lipinski definition) is 2. The molecule has 2 aliphatic heterocycles. The van der Waals surface area contributed by atoms with Crippen LogP contribution in [0.25, 0.3) is 0 Å². The SMILES string of the molecule is C=CCN1C(=O)N[C@H](c2cccc(Oc3ccccc3)c2)C2=C1CN([C@@H](C)C(=O)NCC(C)C)C2=O. The summed E-state index contributed by atoms with van der Waals surface area (Å²) in [6, 6.07) is 15.0. The van der Waals surface area contributed by atoms with E-state index in [1.165, 1.54) is 9.80 Å². The molecule has 8 nitrogen and oxygen atoms in total. The predicted molar refractivity (Wildman–Crippen MR) is 137 cm³/mol. The van der Waals surface area contributed by atoms with Gasteiger partial charge in [0.15, 0.2) is 0 Å². The third-order valence-corrected chi connectivity index (χ3v) is 6.26.